The van der Waals surface area contributed by atoms with Crippen molar-refractivity contribution in [2.24, 2.45) is 0 Å². The molecule has 2 N–H and O–H groups in total. The molecular formula is C25H25F3N2O5. The standard InChI is InChI=1S/C25H25F3N2O5/c26-25(27,28)13-21(23(33)30-11-5-6-15(30)12-22(31)32)29-24(34)35-14-20-18-9-3-1-7-16(18)17-8-2-4-10-19(17)20/h1-4,7-10,15,20-21H,5-6,11-14H2,(H,29,34)(H,31,32)/t15-,21?/m0/s1. The van der Waals surface area contributed by atoms with Crippen LogP contribution in [0.3, 0.4) is 0 Å². The average Bonchev–Trinajstić information content (AvgIpc) is 3.38. The van der Waals surface area contributed by atoms with Crippen LogP contribution in [-0.2, 0) is 14.3 Å². The van der Waals surface area contributed by atoms with Crippen molar-refractivity contribution >= 4 is 18.0 Å². The number of nitrogens with zero attached hydrogens (tertiary/aromatic N) is 1. The number of ether oxygens (including phenoxy) is 1. The zero-order chi connectivity index (χ0) is 25.2. The number of fused-ring (bicyclic) bond motifs is 3. The molecular weight excluding hydrogens is 465 g/mol. The first-order valence-electron chi connectivity index (χ1n) is 11.3. The molecule has 1 fully saturated rings. The van der Waals surface area contributed by atoms with Crippen LogP contribution >= 0.6 is 0 Å². The summed E-state index contributed by atoms with van der Waals surface area (Å²) in [7, 11) is 0. The fourth-order valence-electron chi connectivity index (χ4n) is 4.95. The Morgan fingerprint density at radius 2 is 1.66 bits per heavy atom. The first-order chi connectivity index (χ1) is 16.6. The highest BCUT2D eigenvalue weighted by Gasteiger charge is 2.41. The summed E-state index contributed by atoms with van der Waals surface area (Å²) in [4.78, 5) is 37.6. The zero-order valence-corrected chi connectivity index (χ0v) is 18.8. The number of benzene rings is 2. The van der Waals surface area contributed by atoms with Crippen molar-refractivity contribution in [1.29, 1.82) is 0 Å². The number of halogens is 3. The van der Waals surface area contributed by atoms with E-state index in [1.54, 1.807) is 0 Å². The Balaban J connectivity index is 1.45. The molecule has 0 aromatic heterocycles. The van der Waals surface area contributed by atoms with Crippen LogP contribution < -0.4 is 5.32 Å². The van der Waals surface area contributed by atoms with Gasteiger partial charge in [0.1, 0.15) is 12.6 Å². The Bertz CT molecular complexity index is 1070. The third kappa shape index (κ3) is 5.58. The van der Waals surface area contributed by atoms with Gasteiger partial charge in [0.2, 0.25) is 5.91 Å². The number of carboxylic acid groups (broad SMARTS) is 1. The Hall–Kier alpha value is -3.56. The summed E-state index contributed by atoms with van der Waals surface area (Å²) >= 11 is 0. The summed E-state index contributed by atoms with van der Waals surface area (Å²) in [5, 5.41) is 11.1. The minimum absolute atomic E-state index is 0.113. The van der Waals surface area contributed by atoms with Crippen molar-refractivity contribution in [2.45, 2.75) is 49.9 Å². The average molecular weight is 490 g/mol. The minimum atomic E-state index is -4.72. The molecule has 1 heterocycles. The van der Waals surface area contributed by atoms with Crippen molar-refractivity contribution in [2.75, 3.05) is 13.2 Å². The SMILES string of the molecule is O=C(O)C[C@@H]1CCCN1C(=O)C(CC(F)(F)F)NC(=O)OCC1c2ccccc2-c2ccccc21. The number of likely N-dealkylation sites (tertiary alicyclic amines) is 1. The first kappa shape index (κ1) is 24.6. The molecule has 2 amide bonds. The molecule has 1 unspecified atom stereocenters. The molecule has 1 saturated heterocycles. The van der Waals surface area contributed by atoms with Gasteiger partial charge in [0, 0.05) is 18.5 Å². The maximum Gasteiger partial charge on any atom is 0.407 e. The summed E-state index contributed by atoms with van der Waals surface area (Å²) in [6, 6.07) is 12.6. The van der Waals surface area contributed by atoms with E-state index < -0.39 is 42.7 Å². The fraction of sp³-hybridized carbons (Fsp3) is 0.400. The lowest BCUT2D eigenvalue weighted by Crippen LogP contribution is -2.52. The smallest absolute Gasteiger partial charge is 0.407 e. The Morgan fingerprint density at radius 3 is 2.23 bits per heavy atom. The molecule has 0 saturated carbocycles. The lowest BCUT2D eigenvalue weighted by molar-refractivity contribution is -0.155. The minimum Gasteiger partial charge on any atom is -0.481 e. The molecule has 2 atom stereocenters. The molecule has 1 aliphatic heterocycles. The van der Waals surface area contributed by atoms with Gasteiger partial charge in [0.05, 0.1) is 12.8 Å². The lowest BCUT2D eigenvalue weighted by Gasteiger charge is -2.29. The molecule has 0 radical (unpaired) electrons. The topological polar surface area (TPSA) is 95.9 Å². The molecule has 7 nitrogen and oxygen atoms in total. The number of amides is 2. The van der Waals surface area contributed by atoms with Crippen LogP contribution in [0.5, 0.6) is 0 Å². The van der Waals surface area contributed by atoms with Gasteiger partial charge in [-0.25, -0.2) is 4.79 Å². The summed E-state index contributed by atoms with van der Waals surface area (Å²) in [6.07, 6.45) is -6.95. The van der Waals surface area contributed by atoms with Gasteiger partial charge < -0.3 is 20.1 Å². The number of rotatable bonds is 7. The maximum atomic E-state index is 13.2. The second-order valence-corrected chi connectivity index (χ2v) is 8.77. The van der Waals surface area contributed by atoms with Gasteiger partial charge in [-0.15, -0.1) is 0 Å². The van der Waals surface area contributed by atoms with Gasteiger partial charge in [-0.1, -0.05) is 48.5 Å². The Kier molecular flexibility index (Phi) is 7.00. The van der Waals surface area contributed by atoms with Crippen molar-refractivity contribution in [3.8, 4) is 11.1 Å². The molecule has 35 heavy (non-hydrogen) atoms. The zero-order valence-electron chi connectivity index (χ0n) is 18.8. The number of nitrogens with one attached hydrogen (secondary N) is 1. The van der Waals surface area contributed by atoms with Gasteiger partial charge >= 0.3 is 18.2 Å². The highest BCUT2D eigenvalue weighted by Crippen LogP contribution is 2.44. The van der Waals surface area contributed by atoms with E-state index in [-0.39, 0.29) is 25.5 Å². The van der Waals surface area contributed by atoms with Crippen molar-refractivity contribution in [3.05, 3.63) is 59.7 Å². The highest BCUT2D eigenvalue weighted by atomic mass is 19.4. The summed E-state index contributed by atoms with van der Waals surface area (Å²) in [5.74, 6) is -2.39. The van der Waals surface area contributed by atoms with E-state index in [1.165, 1.54) is 0 Å². The molecule has 0 bridgehead atoms. The number of carbonyl (C=O) groups excluding carboxylic acids is 2. The summed E-state index contributed by atoms with van der Waals surface area (Å²) in [5.41, 5.74) is 3.89. The van der Waals surface area contributed by atoms with Crippen molar-refractivity contribution in [1.82, 2.24) is 10.2 Å². The summed E-state index contributed by atoms with van der Waals surface area (Å²) in [6.45, 7) is 0.0235. The van der Waals surface area contributed by atoms with Gasteiger partial charge in [0.25, 0.3) is 0 Å². The van der Waals surface area contributed by atoms with E-state index in [0.717, 1.165) is 27.2 Å². The molecule has 2 aromatic rings. The number of aliphatic carboxylic acids is 1. The Labute approximate surface area is 199 Å². The Morgan fingerprint density at radius 1 is 1.06 bits per heavy atom. The van der Waals surface area contributed by atoms with Gasteiger partial charge in [-0.3, -0.25) is 9.59 Å². The molecule has 186 valence electrons. The van der Waals surface area contributed by atoms with E-state index >= 15 is 0 Å². The lowest BCUT2D eigenvalue weighted by atomic mass is 9.98. The normalized spacial score (nSPS) is 18.0. The van der Waals surface area contributed by atoms with Gasteiger partial charge in [0.15, 0.2) is 0 Å². The number of hydrogen-bond donors (Lipinski definition) is 2. The van der Waals surface area contributed by atoms with Crippen LogP contribution in [0.15, 0.2) is 48.5 Å². The molecule has 2 aliphatic rings. The van der Waals surface area contributed by atoms with E-state index in [0.29, 0.717) is 12.8 Å². The fourth-order valence-corrected chi connectivity index (χ4v) is 4.95. The second kappa shape index (κ2) is 9.97. The summed E-state index contributed by atoms with van der Waals surface area (Å²) < 4.78 is 45.0. The third-order valence-corrected chi connectivity index (χ3v) is 6.44. The molecule has 2 aromatic carbocycles. The number of alkyl halides is 3. The number of alkyl carbamates (subject to hydrolysis) is 1. The van der Waals surface area contributed by atoms with Crippen molar-refractivity contribution < 1.29 is 37.4 Å². The van der Waals surface area contributed by atoms with Crippen LogP contribution in [0.4, 0.5) is 18.0 Å². The molecule has 1 aliphatic carbocycles. The molecule has 4 rings (SSSR count). The number of carboxylic acids is 1. The van der Waals surface area contributed by atoms with E-state index in [2.05, 4.69) is 5.32 Å². The first-order valence-corrected chi connectivity index (χ1v) is 11.3. The predicted octanol–water partition coefficient (Wildman–Crippen LogP) is 4.31. The van der Waals surface area contributed by atoms with Crippen LogP contribution in [0.1, 0.15) is 42.7 Å². The number of hydrogen-bond acceptors (Lipinski definition) is 4. The largest absolute Gasteiger partial charge is 0.481 e. The predicted molar refractivity (Wildman–Crippen MR) is 120 cm³/mol. The van der Waals surface area contributed by atoms with Crippen LogP contribution in [0.25, 0.3) is 11.1 Å². The van der Waals surface area contributed by atoms with Gasteiger partial charge in [-0.2, -0.15) is 13.2 Å². The van der Waals surface area contributed by atoms with E-state index in [4.69, 9.17) is 9.84 Å². The van der Waals surface area contributed by atoms with E-state index in [1.807, 2.05) is 48.5 Å². The highest BCUT2D eigenvalue weighted by molar-refractivity contribution is 5.87. The van der Waals surface area contributed by atoms with Gasteiger partial charge in [-0.05, 0) is 35.1 Å². The van der Waals surface area contributed by atoms with Crippen LogP contribution in [-0.4, -0.2) is 59.4 Å². The maximum absolute atomic E-state index is 13.2. The molecule has 10 heteroatoms. The quantitative estimate of drug-likeness (QED) is 0.603. The second-order valence-electron chi connectivity index (χ2n) is 8.77. The monoisotopic (exact) mass is 490 g/mol. The van der Waals surface area contributed by atoms with Crippen LogP contribution in [0.2, 0.25) is 0 Å². The van der Waals surface area contributed by atoms with Crippen LogP contribution in [0, 0.1) is 0 Å². The molecule has 0 spiro atoms. The van der Waals surface area contributed by atoms with Crippen molar-refractivity contribution in [3.63, 3.8) is 0 Å². The van der Waals surface area contributed by atoms with E-state index in [9.17, 15) is 27.6 Å². The number of carbonyl (C=O) groups is 3. The third-order valence-electron chi connectivity index (χ3n) is 6.44.